The van der Waals surface area contributed by atoms with Crippen LogP contribution in [0.1, 0.15) is 23.3 Å². The van der Waals surface area contributed by atoms with E-state index in [-0.39, 0.29) is 23.4 Å². The molecular weight excluding hydrogens is 420 g/mol. The Morgan fingerprint density at radius 1 is 1.19 bits per heavy atom. The van der Waals surface area contributed by atoms with Crippen LogP contribution in [0.3, 0.4) is 0 Å². The molecule has 2 N–H and O–H groups in total. The van der Waals surface area contributed by atoms with Crippen molar-refractivity contribution in [1.82, 2.24) is 15.3 Å². The van der Waals surface area contributed by atoms with E-state index < -0.39 is 36.9 Å². The van der Waals surface area contributed by atoms with Gasteiger partial charge >= 0.3 is 12.2 Å². The molecule has 2 aromatic rings. The van der Waals surface area contributed by atoms with Gasteiger partial charge in [0.2, 0.25) is 0 Å². The number of carbonyl (C=O) groups excluding carboxylic acids is 2. The van der Waals surface area contributed by atoms with Crippen LogP contribution in [0.2, 0.25) is 0 Å². The summed E-state index contributed by atoms with van der Waals surface area (Å²) in [6.45, 7) is 0.696. The van der Waals surface area contributed by atoms with Crippen LogP contribution < -0.4 is 20.4 Å². The molecule has 0 spiro atoms. The van der Waals surface area contributed by atoms with Crippen LogP contribution in [0.25, 0.3) is 0 Å². The fraction of sp³-hybridized carbons (Fsp3) is 0.368. The van der Waals surface area contributed by atoms with Gasteiger partial charge in [-0.1, -0.05) is 0 Å². The minimum atomic E-state index is -4.38. The maximum Gasteiger partial charge on any atom is 0.390 e. The van der Waals surface area contributed by atoms with Gasteiger partial charge in [0.15, 0.2) is 5.82 Å². The summed E-state index contributed by atoms with van der Waals surface area (Å²) in [6.07, 6.45) is -3.89. The summed E-state index contributed by atoms with van der Waals surface area (Å²) in [5, 5.41) is 4.78. The van der Waals surface area contributed by atoms with Gasteiger partial charge in [-0.25, -0.2) is 19.2 Å². The zero-order chi connectivity index (χ0) is 22.2. The van der Waals surface area contributed by atoms with Crippen molar-refractivity contribution in [3.8, 4) is 0 Å². The van der Waals surface area contributed by atoms with Crippen LogP contribution in [-0.4, -0.2) is 53.8 Å². The molecule has 12 heteroatoms. The number of amides is 3. The first-order chi connectivity index (χ1) is 14.7. The van der Waals surface area contributed by atoms with Crippen LogP contribution in [0.5, 0.6) is 0 Å². The third kappa shape index (κ3) is 4.52. The highest BCUT2D eigenvalue weighted by molar-refractivity contribution is 6.05. The van der Waals surface area contributed by atoms with Gasteiger partial charge in [0, 0.05) is 19.6 Å². The topological polar surface area (TPSA) is 90.5 Å². The molecule has 2 bridgehead atoms. The summed E-state index contributed by atoms with van der Waals surface area (Å²) < 4.78 is 50.0. The Balaban J connectivity index is 1.56. The average Bonchev–Trinajstić information content (AvgIpc) is 3.12. The fourth-order valence-corrected chi connectivity index (χ4v) is 3.63. The van der Waals surface area contributed by atoms with Crippen LogP contribution in [-0.2, 0) is 0 Å². The van der Waals surface area contributed by atoms with E-state index in [9.17, 15) is 27.2 Å². The average molecular weight is 438 g/mol. The van der Waals surface area contributed by atoms with E-state index in [0.29, 0.717) is 25.2 Å². The number of nitrogens with zero attached hydrogens (tertiary/aromatic N) is 4. The number of alkyl halides is 3. The maximum absolute atomic E-state index is 13.1. The zero-order valence-electron chi connectivity index (χ0n) is 16.1. The SMILES string of the molecule is O=C(NCCC(F)(F)F)c1ccc2c(n1)N(C(=O)Nc1ccc(F)cn1)C1CCN2C1. The predicted molar refractivity (Wildman–Crippen MR) is 104 cm³/mol. The molecule has 164 valence electrons. The Morgan fingerprint density at radius 3 is 2.71 bits per heavy atom. The van der Waals surface area contributed by atoms with Crippen LogP contribution in [0.15, 0.2) is 30.5 Å². The smallest absolute Gasteiger partial charge is 0.366 e. The van der Waals surface area contributed by atoms with E-state index in [4.69, 9.17) is 0 Å². The fourth-order valence-electron chi connectivity index (χ4n) is 3.63. The number of halogens is 4. The molecule has 0 saturated carbocycles. The molecule has 8 nitrogen and oxygen atoms in total. The second-order valence-electron chi connectivity index (χ2n) is 7.21. The van der Waals surface area contributed by atoms with Crippen molar-refractivity contribution in [2.45, 2.75) is 25.1 Å². The number of pyridine rings is 2. The minimum Gasteiger partial charge on any atom is -0.366 e. The summed E-state index contributed by atoms with van der Waals surface area (Å²) in [7, 11) is 0. The molecule has 1 fully saturated rings. The molecule has 1 atom stereocenters. The van der Waals surface area contributed by atoms with Crippen molar-refractivity contribution < 1.29 is 27.2 Å². The number of fused-ring (bicyclic) bond motifs is 4. The van der Waals surface area contributed by atoms with Crippen molar-refractivity contribution in [3.63, 3.8) is 0 Å². The second kappa shape index (κ2) is 8.00. The lowest BCUT2D eigenvalue weighted by Gasteiger charge is -2.35. The van der Waals surface area contributed by atoms with E-state index >= 15 is 0 Å². The van der Waals surface area contributed by atoms with Gasteiger partial charge in [-0.15, -0.1) is 0 Å². The largest absolute Gasteiger partial charge is 0.390 e. The van der Waals surface area contributed by atoms with Gasteiger partial charge in [-0.05, 0) is 30.7 Å². The van der Waals surface area contributed by atoms with Gasteiger partial charge in [0.25, 0.3) is 5.91 Å². The molecule has 3 amide bonds. The number of nitrogens with one attached hydrogen (secondary N) is 2. The number of aromatic nitrogens is 2. The van der Waals surface area contributed by atoms with E-state index in [1.807, 2.05) is 4.90 Å². The Morgan fingerprint density at radius 2 is 2.00 bits per heavy atom. The molecular formula is C19H18F4N6O2. The molecule has 0 aliphatic carbocycles. The normalized spacial score (nSPS) is 17.4. The van der Waals surface area contributed by atoms with E-state index in [0.717, 1.165) is 12.3 Å². The summed E-state index contributed by atoms with van der Waals surface area (Å²) in [5.74, 6) is -0.928. The maximum atomic E-state index is 13.1. The van der Waals surface area contributed by atoms with Crippen LogP contribution >= 0.6 is 0 Å². The highest BCUT2D eigenvalue weighted by Crippen LogP contribution is 2.39. The van der Waals surface area contributed by atoms with Crippen molar-refractivity contribution >= 4 is 29.3 Å². The third-order valence-electron chi connectivity index (χ3n) is 5.06. The summed E-state index contributed by atoms with van der Waals surface area (Å²) >= 11 is 0. The summed E-state index contributed by atoms with van der Waals surface area (Å²) in [4.78, 5) is 36.8. The van der Waals surface area contributed by atoms with Gasteiger partial charge in [0.05, 0.1) is 24.3 Å². The predicted octanol–water partition coefficient (Wildman–Crippen LogP) is 2.93. The molecule has 2 aliphatic heterocycles. The van der Waals surface area contributed by atoms with Crippen LogP contribution in [0.4, 0.5) is 39.7 Å². The lowest BCUT2D eigenvalue weighted by atomic mass is 10.1. The number of urea groups is 1. The van der Waals surface area contributed by atoms with E-state index in [1.54, 1.807) is 6.07 Å². The number of hydrogen-bond donors (Lipinski definition) is 2. The quantitative estimate of drug-likeness (QED) is 0.717. The monoisotopic (exact) mass is 438 g/mol. The lowest BCUT2D eigenvalue weighted by molar-refractivity contribution is -0.133. The van der Waals surface area contributed by atoms with Gasteiger partial charge in [0.1, 0.15) is 17.3 Å². The first-order valence-electron chi connectivity index (χ1n) is 9.54. The second-order valence-corrected chi connectivity index (χ2v) is 7.21. The molecule has 31 heavy (non-hydrogen) atoms. The minimum absolute atomic E-state index is 0.0962. The zero-order valence-corrected chi connectivity index (χ0v) is 16.1. The third-order valence-corrected chi connectivity index (χ3v) is 5.06. The Hall–Kier alpha value is -3.44. The first kappa shape index (κ1) is 20.8. The molecule has 4 heterocycles. The molecule has 2 aliphatic rings. The number of rotatable bonds is 4. The number of anilines is 3. The van der Waals surface area contributed by atoms with Gasteiger partial charge in [-0.2, -0.15) is 13.2 Å². The standard InChI is InChI=1S/C19H18F4N6O2/c20-11-1-4-15(25-9-11)27-18(31)29-12-5-8-28(10-12)14-3-2-13(26-16(14)29)17(30)24-7-6-19(21,22)23/h1-4,9,12H,5-8,10H2,(H,24,30)(H,25,27,31). The Bertz CT molecular complexity index is 998. The lowest BCUT2D eigenvalue weighted by Crippen LogP contribution is -2.48. The van der Waals surface area contributed by atoms with Crippen molar-refractivity contribution in [2.75, 3.05) is 34.8 Å². The highest BCUT2D eigenvalue weighted by Gasteiger charge is 2.40. The number of carbonyl (C=O) groups is 2. The van der Waals surface area contributed by atoms with E-state index in [1.165, 1.54) is 17.0 Å². The first-order valence-corrected chi connectivity index (χ1v) is 9.54. The van der Waals surface area contributed by atoms with Crippen molar-refractivity contribution in [1.29, 1.82) is 0 Å². The number of hydrogen-bond acceptors (Lipinski definition) is 5. The summed E-state index contributed by atoms with van der Waals surface area (Å²) in [5.41, 5.74) is 0.545. The molecule has 0 radical (unpaired) electrons. The Kier molecular flexibility index (Phi) is 5.38. The Labute approximate surface area is 174 Å². The van der Waals surface area contributed by atoms with Gasteiger partial charge in [-0.3, -0.25) is 15.0 Å². The van der Waals surface area contributed by atoms with E-state index in [2.05, 4.69) is 20.6 Å². The molecule has 2 aromatic heterocycles. The molecule has 1 unspecified atom stereocenters. The summed E-state index contributed by atoms with van der Waals surface area (Å²) in [6, 6.07) is 4.76. The van der Waals surface area contributed by atoms with Crippen molar-refractivity contribution in [2.24, 2.45) is 0 Å². The molecule has 1 saturated heterocycles. The molecule has 4 rings (SSSR count). The molecule has 0 aromatic carbocycles. The van der Waals surface area contributed by atoms with Gasteiger partial charge < -0.3 is 10.2 Å². The highest BCUT2D eigenvalue weighted by atomic mass is 19.4. The van der Waals surface area contributed by atoms with Crippen molar-refractivity contribution in [3.05, 3.63) is 42.0 Å². The van der Waals surface area contributed by atoms with Crippen LogP contribution in [0, 0.1) is 5.82 Å².